The molecule has 30 heavy (non-hydrogen) atoms. The van der Waals surface area contributed by atoms with E-state index >= 15 is 0 Å². The quantitative estimate of drug-likeness (QED) is 0.401. The second-order valence-corrected chi connectivity index (χ2v) is 8.04. The number of aromatic amines is 1. The molecule has 5 rings (SSSR count). The van der Waals surface area contributed by atoms with Crippen LogP contribution in [0.4, 0.5) is 0 Å². The summed E-state index contributed by atoms with van der Waals surface area (Å²) in [4.78, 5) is 24.3. The topological polar surface area (TPSA) is 75.3 Å². The standard InChI is InChI=1S/C23H19N3O3S/c27-22-19-12-20(16-6-2-1-3-7-16)30-23(19)25-21(24-22)15-26(13-17-8-4-10-28-17)14-18-9-5-11-29-18/h1-12H,13-15H2,(H,24,25,27). The molecule has 0 fully saturated rings. The Hall–Kier alpha value is -3.42. The molecule has 7 heteroatoms. The first-order chi connectivity index (χ1) is 14.7. The van der Waals surface area contributed by atoms with Gasteiger partial charge in [0, 0.05) is 4.88 Å². The minimum atomic E-state index is -0.121. The number of H-pyrrole nitrogens is 1. The van der Waals surface area contributed by atoms with E-state index in [0.717, 1.165) is 26.8 Å². The lowest BCUT2D eigenvalue weighted by Gasteiger charge is -2.19. The molecule has 0 aliphatic heterocycles. The van der Waals surface area contributed by atoms with Crippen LogP contribution in [0.3, 0.4) is 0 Å². The zero-order chi connectivity index (χ0) is 20.3. The fourth-order valence-corrected chi connectivity index (χ4v) is 4.48. The Morgan fingerprint density at radius 1 is 0.900 bits per heavy atom. The van der Waals surface area contributed by atoms with Gasteiger partial charge in [-0.15, -0.1) is 11.3 Å². The number of rotatable bonds is 7. The van der Waals surface area contributed by atoms with Crippen LogP contribution in [0.1, 0.15) is 17.3 Å². The number of benzene rings is 1. The van der Waals surface area contributed by atoms with Crippen LogP contribution in [0, 0.1) is 0 Å². The lowest BCUT2D eigenvalue weighted by Crippen LogP contribution is -2.24. The fraction of sp³-hybridized carbons (Fsp3) is 0.130. The zero-order valence-corrected chi connectivity index (χ0v) is 16.9. The van der Waals surface area contributed by atoms with E-state index in [-0.39, 0.29) is 5.56 Å². The molecule has 0 aliphatic carbocycles. The van der Waals surface area contributed by atoms with Crippen molar-refractivity contribution in [2.75, 3.05) is 0 Å². The van der Waals surface area contributed by atoms with E-state index in [1.54, 1.807) is 12.5 Å². The number of thiophene rings is 1. The van der Waals surface area contributed by atoms with Crippen molar-refractivity contribution in [3.05, 3.63) is 101 Å². The van der Waals surface area contributed by atoms with E-state index < -0.39 is 0 Å². The fourth-order valence-electron chi connectivity index (χ4n) is 3.42. The van der Waals surface area contributed by atoms with Crippen LogP contribution in [0.5, 0.6) is 0 Å². The molecule has 0 radical (unpaired) electrons. The molecule has 0 bridgehead atoms. The zero-order valence-electron chi connectivity index (χ0n) is 16.1. The van der Waals surface area contributed by atoms with Crippen molar-refractivity contribution < 1.29 is 8.83 Å². The van der Waals surface area contributed by atoms with Gasteiger partial charge in [-0.05, 0) is 35.9 Å². The largest absolute Gasteiger partial charge is 0.468 e. The number of hydrogen-bond donors (Lipinski definition) is 1. The van der Waals surface area contributed by atoms with Crippen LogP contribution >= 0.6 is 11.3 Å². The molecule has 0 atom stereocenters. The lowest BCUT2D eigenvalue weighted by molar-refractivity contribution is 0.205. The molecule has 0 saturated heterocycles. The van der Waals surface area contributed by atoms with Gasteiger partial charge in [-0.1, -0.05) is 30.3 Å². The summed E-state index contributed by atoms with van der Waals surface area (Å²) in [6.07, 6.45) is 3.31. The van der Waals surface area contributed by atoms with Gasteiger partial charge in [0.15, 0.2) is 0 Å². The summed E-state index contributed by atoms with van der Waals surface area (Å²) in [5.41, 5.74) is 0.961. The molecule has 6 nitrogen and oxygen atoms in total. The first-order valence-corrected chi connectivity index (χ1v) is 10.4. The Labute approximate surface area is 176 Å². The van der Waals surface area contributed by atoms with E-state index in [1.807, 2.05) is 60.7 Å². The predicted octanol–water partition coefficient (Wildman–Crippen LogP) is 5.04. The van der Waals surface area contributed by atoms with Crippen molar-refractivity contribution in [2.24, 2.45) is 0 Å². The van der Waals surface area contributed by atoms with Crippen LogP contribution in [-0.4, -0.2) is 14.9 Å². The summed E-state index contributed by atoms with van der Waals surface area (Å²) in [5.74, 6) is 2.30. The van der Waals surface area contributed by atoms with Crippen LogP contribution in [0.15, 0.2) is 86.8 Å². The molecule has 4 aromatic heterocycles. The Morgan fingerprint density at radius 2 is 1.60 bits per heavy atom. The molecular formula is C23H19N3O3S. The lowest BCUT2D eigenvalue weighted by atomic mass is 10.2. The summed E-state index contributed by atoms with van der Waals surface area (Å²) in [5, 5.41) is 0.617. The maximum atomic E-state index is 12.7. The summed E-state index contributed by atoms with van der Waals surface area (Å²) >= 11 is 1.53. The Kier molecular flexibility index (Phi) is 5.04. The van der Waals surface area contributed by atoms with Crippen molar-refractivity contribution >= 4 is 21.6 Å². The van der Waals surface area contributed by atoms with E-state index in [0.29, 0.717) is 30.8 Å². The maximum Gasteiger partial charge on any atom is 0.259 e. The molecule has 150 valence electrons. The molecule has 4 heterocycles. The predicted molar refractivity (Wildman–Crippen MR) is 116 cm³/mol. The molecule has 0 spiro atoms. The molecule has 5 aromatic rings. The van der Waals surface area contributed by atoms with Gasteiger partial charge < -0.3 is 13.8 Å². The number of hydrogen-bond acceptors (Lipinski definition) is 6. The number of nitrogens with one attached hydrogen (secondary N) is 1. The summed E-state index contributed by atoms with van der Waals surface area (Å²) in [6, 6.07) is 19.5. The van der Waals surface area contributed by atoms with Gasteiger partial charge in [0.1, 0.15) is 22.2 Å². The Balaban J connectivity index is 1.45. The smallest absolute Gasteiger partial charge is 0.259 e. The second-order valence-electron chi connectivity index (χ2n) is 7.01. The highest BCUT2D eigenvalue weighted by atomic mass is 32.1. The molecular weight excluding hydrogens is 398 g/mol. The minimum Gasteiger partial charge on any atom is -0.468 e. The number of furan rings is 2. The van der Waals surface area contributed by atoms with Gasteiger partial charge in [0.05, 0.1) is 37.5 Å². The summed E-state index contributed by atoms with van der Waals surface area (Å²) in [6.45, 7) is 1.62. The first kappa shape index (κ1) is 18.6. The summed E-state index contributed by atoms with van der Waals surface area (Å²) in [7, 11) is 0. The molecule has 1 aromatic carbocycles. The number of fused-ring (bicyclic) bond motifs is 1. The average Bonchev–Trinajstić information content (AvgIpc) is 3.50. The van der Waals surface area contributed by atoms with Crippen molar-refractivity contribution in [3.8, 4) is 10.4 Å². The van der Waals surface area contributed by atoms with Gasteiger partial charge >= 0.3 is 0 Å². The highest BCUT2D eigenvalue weighted by Gasteiger charge is 2.15. The monoisotopic (exact) mass is 417 g/mol. The van der Waals surface area contributed by atoms with Crippen molar-refractivity contribution in [1.29, 1.82) is 0 Å². The number of aromatic nitrogens is 2. The van der Waals surface area contributed by atoms with Crippen molar-refractivity contribution in [1.82, 2.24) is 14.9 Å². The second kappa shape index (κ2) is 8.14. The molecule has 0 saturated carbocycles. The third-order valence-electron chi connectivity index (χ3n) is 4.80. The molecule has 0 amide bonds. The Bertz CT molecular complexity index is 1250. The minimum absolute atomic E-state index is 0.121. The van der Waals surface area contributed by atoms with E-state index in [4.69, 9.17) is 13.8 Å². The molecule has 0 aliphatic rings. The summed E-state index contributed by atoms with van der Waals surface area (Å²) < 4.78 is 11.0. The van der Waals surface area contributed by atoms with Crippen LogP contribution in [0.2, 0.25) is 0 Å². The number of nitrogens with zero attached hydrogens (tertiary/aromatic N) is 2. The average molecular weight is 417 g/mol. The van der Waals surface area contributed by atoms with Crippen molar-refractivity contribution in [3.63, 3.8) is 0 Å². The molecule has 0 unspecified atom stereocenters. The molecule has 1 N–H and O–H groups in total. The first-order valence-electron chi connectivity index (χ1n) is 9.60. The van der Waals surface area contributed by atoms with Gasteiger partial charge in [0.2, 0.25) is 0 Å². The highest BCUT2D eigenvalue weighted by Crippen LogP contribution is 2.30. The van der Waals surface area contributed by atoms with Crippen LogP contribution in [-0.2, 0) is 19.6 Å². The highest BCUT2D eigenvalue weighted by molar-refractivity contribution is 7.21. The third-order valence-corrected chi connectivity index (χ3v) is 5.88. The van der Waals surface area contributed by atoms with Crippen LogP contribution < -0.4 is 5.56 Å². The van der Waals surface area contributed by atoms with E-state index in [9.17, 15) is 4.79 Å². The van der Waals surface area contributed by atoms with Crippen LogP contribution in [0.25, 0.3) is 20.7 Å². The maximum absolute atomic E-state index is 12.7. The normalized spacial score (nSPS) is 11.5. The van der Waals surface area contributed by atoms with Gasteiger partial charge in [-0.25, -0.2) is 4.98 Å². The van der Waals surface area contributed by atoms with E-state index in [2.05, 4.69) is 9.88 Å². The third kappa shape index (κ3) is 3.98. The van der Waals surface area contributed by atoms with Gasteiger partial charge in [-0.2, -0.15) is 0 Å². The SMILES string of the molecule is O=c1[nH]c(CN(Cc2ccco2)Cc2ccco2)nc2sc(-c3ccccc3)cc12. The Morgan fingerprint density at radius 3 is 2.23 bits per heavy atom. The van der Waals surface area contributed by atoms with E-state index in [1.165, 1.54) is 11.3 Å². The van der Waals surface area contributed by atoms with Crippen molar-refractivity contribution in [2.45, 2.75) is 19.6 Å². The van der Waals surface area contributed by atoms with Gasteiger partial charge in [-0.3, -0.25) is 9.69 Å². The van der Waals surface area contributed by atoms with Gasteiger partial charge in [0.25, 0.3) is 5.56 Å².